The van der Waals surface area contributed by atoms with Crippen molar-refractivity contribution in [2.45, 2.75) is 78.6 Å². The second-order valence-electron chi connectivity index (χ2n) is 17.6. The minimum atomic E-state index is -0.0322. The summed E-state index contributed by atoms with van der Waals surface area (Å²) in [7, 11) is 0. The van der Waals surface area contributed by atoms with Crippen LogP contribution in [0.2, 0.25) is 0 Å². The molecule has 274 valence electrons. The number of pyridine rings is 1. The molecule has 6 heteroatoms. The molecule has 0 bridgehead atoms. The maximum absolute atomic E-state index is 8.03. The van der Waals surface area contributed by atoms with Gasteiger partial charge in [-0.05, 0) is 93.6 Å². The van der Waals surface area contributed by atoms with Crippen LogP contribution in [0.4, 0.5) is 5.69 Å². The highest BCUT2D eigenvalue weighted by molar-refractivity contribution is 6.09. The van der Waals surface area contributed by atoms with E-state index in [1.165, 1.54) is 16.7 Å². The Morgan fingerprint density at radius 2 is 1.27 bits per heavy atom. The Balaban J connectivity index is 1.25. The van der Waals surface area contributed by atoms with Crippen LogP contribution in [0.3, 0.4) is 0 Å². The largest absolute Gasteiger partial charge is 0.459 e. The van der Waals surface area contributed by atoms with E-state index in [1.807, 2.05) is 35.0 Å². The number of hydrogen-bond acceptors (Lipinski definition) is 2. The maximum Gasteiger partial charge on any atom is 0.269 e. The number of rotatable bonds is 5. The molecule has 8 rings (SSSR count). The van der Waals surface area contributed by atoms with E-state index in [-0.39, 0.29) is 16.2 Å². The fourth-order valence-electron chi connectivity index (χ4n) is 7.27. The minimum Gasteiger partial charge on any atom is -0.459 e. The molecule has 0 amide bonds. The molecule has 0 saturated carbocycles. The van der Waals surface area contributed by atoms with Gasteiger partial charge in [0.25, 0.3) is 6.33 Å². The van der Waals surface area contributed by atoms with E-state index in [0.717, 1.165) is 50.0 Å². The molecule has 0 saturated heterocycles. The van der Waals surface area contributed by atoms with Crippen LogP contribution in [-0.2, 0) is 16.2 Å². The Morgan fingerprint density at radius 1 is 0.618 bits per heavy atom. The van der Waals surface area contributed by atoms with Crippen molar-refractivity contribution < 1.29 is 9.30 Å². The molecule has 0 aliphatic rings. The molecule has 8 aromatic rings. The Morgan fingerprint density at radius 3 is 1.96 bits per heavy atom. The van der Waals surface area contributed by atoms with E-state index in [9.17, 15) is 0 Å². The second kappa shape index (κ2) is 13.0. The van der Waals surface area contributed by atoms with Gasteiger partial charge in [-0.25, -0.2) is 9.83 Å². The zero-order valence-corrected chi connectivity index (χ0v) is 33.2. The average Bonchev–Trinajstić information content (AvgIpc) is 3.70. The molecule has 0 atom stereocenters. The monoisotopic (exact) mass is 721 g/mol. The van der Waals surface area contributed by atoms with Gasteiger partial charge in [0, 0.05) is 23.0 Å². The number of hydrogen-bond donors (Lipinski definition) is 0. The zero-order chi connectivity index (χ0) is 38.9. The molecule has 0 aliphatic carbocycles. The fraction of sp³-hybridized carbons (Fsp3) is 0.245. The number of imidazole rings is 1. The maximum atomic E-state index is 8.03. The second-order valence-corrected chi connectivity index (χ2v) is 17.6. The summed E-state index contributed by atoms with van der Waals surface area (Å²) in [6, 6.07) is 39.8. The van der Waals surface area contributed by atoms with Crippen molar-refractivity contribution in [2.75, 3.05) is 0 Å². The van der Waals surface area contributed by atoms with Crippen molar-refractivity contribution in [3.05, 3.63) is 156 Å². The van der Waals surface area contributed by atoms with Crippen LogP contribution in [0.15, 0.2) is 121 Å². The zero-order valence-electron chi connectivity index (χ0n) is 33.2. The predicted molar refractivity (Wildman–Crippen MR) is 225 cm³/mol. The number of nitrogens with zero attached hydrogens (tertiary/aromatic N) is 5. The summed E-state index contributed by atoms with van der Waals surface area (Å²) in [5, 5.41) is 2.26. The molecule has 0 N–H and O–H groups in total. The number of para-hydroxylation sites is 3. The van der Waals surface area contributed by atoms with Gasteiger partial charge in [-0.3, -0.25) is 13.7 Å². The molecular formula is C49H47N5O. The van der Waals surface area contributed by atoms with Crippen LogP contribution < -0.4 is 9.30 Å². The van der Waals surface area contributed by atoms with Gasteiger partial charge in [0.2, 0.25) is 0 Å². The Labute approximate surface area is 324 Å². The molecule has 3 aromatic heterocycles. The summed E-state index contributed by atoms with van der Waals surface area (Å²) in [5.41, 5.74) is 10.1. The van der Waals surface area contributed by atoms with Gasteiger partial charge in [0.15, 0.2) is 5.69 Å². The molecule has 0 unspecified atom stereocenters. The lowest BCUT2D eigenvalue weighted by Gasteiger charge is -2.26. The molecule has 55 heavy (non-hydrogen) atoms. The standard InChI is InChI=1S/C49H47N5O/c1-47(2,3)32-21-22-51-46(26-32)54-42-16-12-11-15-40(42)41-20-19-38(30-45(41)54)55-39-28-35(50-10)27-37(29-39)53-31-52(43-17-13-14-18-44(43)53)36-24-33(48(4,5)6)23-34(25-36)49(7,8)9/h11-30H,1-9H3. The lowest BCUT2D eigenvalue weighted by molar-refractivity contribution is -0.572. The van der Waals surface area contributed by atoms with Gasteiger partial charge in [-0.1, -0.05) is 111 Å². The molecule has 0 fully saturated rings. The third kappa shape index (κ3) is 6.65. The molecule has 3 heterocycles. The van der Waals surface area contributed by atoms with Crippen molar-refractivity contribution in [3.63, 3.8) is 0 Å². The van der Waals surface area contributed by atoms with Crippen LogP contribution in [-0.4, -0.2) is 14.1 Å². The summed E-state index contributed by atoms with van der Waals surface area (Å²) in [6.45, 7) is 28.2. The first-order chi connectivity index (χ1) is 26.1. The van der Waals surface area contributed by atoms with Gasteiger partial charge in [-0.15, -0.1) is 0 Å². The highest BCUT2D eigenvalue weighted by atomic mass is 16.5. The van der Waals surface area contributed by atoms with Crippen LogP contribution in [0.1, 0.15) is 79.0 Å². The Bertz CT molecular complexity index is 2780. The summed E-state index contributed by atoms with van der Waals surface area (Å²) in [6.07, 6.45) is 5.56. The smallest absolute Gasteiger partial charge is 0.269 e. The Hall–Kier alpha value is -6.19. The molecule has 6 nitrogen and oxygen atoms in total. The van der Waals surface area contributed by atoms with Gasteiger partial charge < -0.3 is 4.74 Å². The lowest BCUT2D eigenvalue weighted by atomic mass is 9.80. The summed E-state index contributed by atoms with van der Waals surface area (Å²) >= 11 is 0. The van der Waals surface area contributed by atoms with Gasteiger partial charge >= 0.3 is 0 Å². The molecule has 0 aliphatic heterocycles. The van der Waals surface area contributed by atoms with Gasteiger partial charge in [0.05, 0.1) is 40.0 Å². The topological polar surface area (TPSA) is 40.2 Å². The van der Waals surface area contributed by atoms with Crippen molar-refractivity contribution in [1.82, 2.24) is 14.1 Å². The number of ether oxygens (including phenoxy) is 1. The van der Waals surface area contributed by atoms with Crippen molar-refractivity contribution in [2.24, 2.45) is 0 Å². The summed E-state index contributed by atoms with van der Waals surface area (Å²) in [4.78, 5) is 8.71. The van der Waals surface area contributed by atoms with E-state index in [2.05, 4.69) is 168 Å². The van der Waals surface area contributed by atoms with Crippen molar-refractivity contribution in [1.29, 1.82) is 0 Å². The first kappa shape index (κ1) is 35.8. The van der Waals surface area contributed by atoms with E-state index < -0.39 is 0 Å². The quantitative estimate of drug-likeness (QED) is 0.131. The minimum absolute atomic E-state index is 0.0239. The highest BCUT2D eigenvalue weighted by Gasteiger charge is 2.23. The molecule has 0 spiro atoms. The van der Waals surface area contributed by atoms with Gasteiger partial charge in [-0.2, -0.15) is 0 Å². The number of benzene rings is 5. The molecule has 0 radical (unpaired) electrons. The van der Waals surface area contributed by atoms with Gasteiger partial charge in [0.1, 0.15) is 17.3 Å². The SMILES string of the molecule is [C-]#[N+]c1cc(Oc2ccc3c4ccccc4n(-c4cc(C(C)(C)C)ccn4)c3c2)cc(-n2[c-][n+](-c3cc(C(C)(C)C)cc(C(C)(C)C)c3)c3ccccc32)c1. The highest BCUT2D eigenvalue weighted by Crippen LogP contribution is 2.38. The lowest BCUT2D eigenvalue weighted by Crippen LogP contribution is -2.31. The Kier molecular flexibility index (Phi) is 8.46. The predicted octanol–water partition coefficient (Wildman–Crippen LogP) is 12.4. The number of aromatic nitrogens is 4. The summed E-state index contributed by atoms with van der Waals surface area (Å²) in [5.74, 6) is 2.10. The molecular weight excluding hydrogens is 675 g/mol. The molecule has 5 aromatic carbocycles. The van der Waals surface area contributed by atoms with E-state index >= 15 is 0 Å². The van der Waals surface area contributed by atoms with Crippen LogP contribution in [0, 0.1) is 12.9 Å². The average molecular weight is 722 g/mol. The van der Waals surface area contributed by atoms with E-state index in [0.29, 0.717) is 17.2 Å². The van der Waals surface area contributed by atoms with E-state index in [4.69, 9.17) is 16.3 Å². The van der Waals surface area contributed by atoms with E-state index in [1.54, 1.807) is 6.07 Å². The van der Waals surface area contributed by atoms with Crippen LogP contribution in [0.5, 0.6) is 11.5 Å². The van der Waals surface area contributed by atoms with Crippen molar-refractivity contribution in [3.8, 4) is 28.7 Å². The summed E-state index contributed by atoms with van der Waals surface area (Å²) < 4.78 is 13.0. The first-order valence-corrected chi connectivity index (χ1v) is 18.9. The van der Waals surface area contributed by atoms with Crippen molar-refractivity contribution >= 4 is 38.5 Å². The first-order valence-electron chi connectivity index (χ1n) is 18.9. The third-order valence-corrected chi connectivity index (χ3v) is 10.5. The third-order valence-electron chi connectivity index (χ3n) is 10.5. The number of fused-ring (bicyclic) bond motifs is 4. The van der Waals surface area contributed by atoms with Crippen LogP contribution in [0.25, 0.3) is 54.9 Å². The fourth-order valence-corrected chi connectivity index (χ4v) is 7.27. The normalized spacial score (nSPS) is 12.4. The van der Waals surface area contributed by atoms with Crippen LogP contribution >= 0.6 is 0 Å².